The highest BCUT2D eigenvalue weighted by Crippen LogP contribution is 2.16. The molecule has 0 spiro atoms. The van der Waals surface area contributed by atoms with Crippen molar-refractivity contribution < 1.29 is 17.8 Å². The molecular weight excluding hydrogens is 246 g/mol. The number of hydrogen-bond acceptors (Lipinski definition) is 3. The Kier molecular flexibility index (Phi) is 9.07. The van der Waals surface area contributed by atoms with Gasteiger partial charge >= 0.3 is 8.80 Å². The summed E-state index contributed by atoms with van der Waals surface area (Å²) in [4.78, 5) is 0. The van der Waals surface area contributed by atoms with Crippen molar-refractivity contribution in [3.63, 3.8) is 0 Å². The van der Waals surface area contributed by atoms with Gasteiger partial charge in [0, 0.05) is 33.8 Å². The minimum atomic E-state index is -2.37. The van der Waals surface area contributed by atoms with Gasteiger partial charge in [-0.05, 0) is 12.8 Å². The average molecular weight is 278 g/mol. The fraction of sp³-hybridized carbons (Fsp3) is 1.00. The number of rotatable bonds is 11. The molecule has 18 heavy (non-hydrogen) atoms. The molecule has 0 atom stereocenters. The zero-order valence-corrected chi connectivity index (χ0v) is 14.1. The van der Waals surface area contributed by atoms with Crippen LogP contribution in [0, 0.1) is 0 Å². The van der Waals surface area contributed by atoms with Gasteiger partial charge in [0.25, 0.3) is 0 Å². The fourth-order valence-electron chi connectivity index (χ4n) is 2.18. The van der Waals surface area contributed by atoms with Gasteiger partial charge in [0.15, 0.2) is 0 Å². The van der Waals surface area contributed by atoms with Gasteiger partial charge in [-0.2, -0.15) is 0 Å². The first kappa shape index (κ1) is 18.1. The first-order valence-electron chi connectivity index (χ1n) is 6.92. The van der Waals surface area contributed by atoms with E-state index in [0.29, 0.717) is 0 Å². The van der Waals surface area contributed by atoms with Crippen LogP contribution in [0.5, 0.6) is 0 Å². The molecule has 0 heterocycles. The van der Waals surface area contributed by atoms with Crippen molar-refractivity contribution in [1.82, 2.24) is 0 Å². The summed E-state index contributed by atoms with van der Waals surface area (Å²) in [5.41, 5.74) is 0. The predicted octanol–water partition coefficient (Wildman–Crippen LogP) is 2.52. The van der Waals surface area contributed by atoms with Crippen LogP contribution < -0.4 is 0 Å². The molecule has 5 heteroatoms. The SMILES string of the molecule is CCCCC[N+](C)(C)CCC[Si](OC)(OC)OC. The number of quaternary nitrogens is 1. The molecule has 0 rings (SSSR count). The Labute approximate surface area is 114 Å². The molecule has 0 aromatic rings. The third-order valence-electron chi connectivity index (χ3n) is 3.55. The van der Waals surface area contributed by atoms with E-state index in [0.717, 1.165) is 23.5 Å². The zero-order valence-electron chi connectivity index (χ0n) is 13.1. The Morgan fingerprint density at radius 1 is 0.833 bits per heavy atom. The van der Waals surface area contributed by atoms with Crippen LogP contribution in [-0.2, 0) is 13.3 Å². The van der Waals surface area contributed by atoms with Crippen LogP contribution in [0.1, 0.15) is 32.6 Å². The molecule has 4 nitrogen and oxygen atoms in total. The summed E-state index contributed by atoms with van der Waals surface area (Å²) in [6.45, 7) is 4.64. The van der Waals surface area contributed by atoms with Crippen LogP contribution in [-0.4, -0.2) is 61.8 Å². The van der Waals surface area contributed by atoms with Crippen molar-refractivity contribution in [2.24, 2.45) is 0 Å². The lowest BCUT2D eigenvalue weighted by Gasteiger charge is -2.31. The molecule has 0 aliphatic rings. The van der Waals surface area contributed by atoms with E-state index in [1.807, 2.05) is 0 Å². The van der Waals surface area contributed by atoms with Gasteiger partial charge in [0.1, 0.15) is 0 Å². The number of hydrogen-bond donors (Lipinski definition) is 0. The van der Waals surface area contributed by atoms with E-state index in [9.17, 15) is 0 Å². The van der Waals surface area contributed by atoms with Crippen molar-refractivity contribution in [1.29, 1.82) is 0 Å². The Balaban J connectivity index is 4.00. The van der Waals surface area contributed by atoms with Crippen LogP contribution in [0.4, 0.5) is 0 Å². The largest absolute Gasteiger partial charge is 0.500 e. The summed E-state index contributed by atoms with van der Waals surface area (Å²) in [5, 5.41) is 0. The molecule has 0 saturated carbocycles. The van der Waals surface area contributed by atoms with Crippen LogP contribution in [0.25, 0.3) is 0 Å². The molecule has 0 saturated heterocycles. The highest BCUT2D eigenvalue weighted by Gasteiger charge is 2.37. The molecular formula is C13H32NO3Si+. The smallest absolute Gasteiger partial charge is 0.377 e. The van der Waals surface area contributed by atoms with Gasteiger partial charge in [0.05, 0.1) is 27.2 Å². The lowest BCUT2D eigenvalue weighted by Crippen LogP contribution is -2.45. The molecule has 0 aromatic carbocycles. The minimum absolute atomic E-state index is 0.895. The Morgan fingerprint density at radius 3 is 1.78 bits per heavy atom. The van der Waals surface area contributed by atoms with Gasteiger partial charge in [-0.25, -0.2) is 0 Å². The minimum Gasteiger partial charge on any atom is -0.377 e. The Bertz CT molecular complexity index is 200. The maximum Gasteiger partial charge on any atom is 0.500 e. The molecule has 0 aromatic heterocycles. The second kappa shape index (κ2) is 9.04. The molecule has 0 fully saturated rings. The summed E-state index contributed by atoms with van der Waals surface area (Å²) in [6, 6.07) is 0.895. The number of unbranched alkanes of at least 4 members (excludes halogenated alkanes) is 2. The van der Waals surface area contributed by atoms with Gasteiger partial charge in [-0.15, -0.1) is 0 Å². The second-order valence-electron chi connectivity index (χ2n) is 5.49. The van der Waals surface area contributed by atoms with Crippen molar-refractivity contribution in [2.45, 2.75) is 38.7 Å². The van der Waals surface area contributed by atoms with Crippen LogP contribution in [0.2, 0.25) is 6.04 Å². The first-order valence-corrected chi connectivity index (χ1v) is 8.86. The highest BCUT2D eigenvalue weighted by molar-refractivity contribution is 6.60. The molecule has 0 unspecified atom stereocenters. The van der Waals surface area contributed by atoms with Gasteiger partial charge in [-0.1, -0.05) is 13.3 Å². The fourth-order valence-corrected chi connectivity index (χ4v) is 3.88. The van der Waals surface area contributed by atoms with E-state index < -0.39 is 8.80 Å². The third-order valence-corrected chi connectivity index (χ3v) is 6.38. The van der Waals surface area contributed by atoms with Gasteiger partial charge in [0.2, 0.25) is 0 Å². The zero-order chi connectivity index (χ0) is 14.1. The van der Waals surface area contributed by atoms with Crippen molar-refractivity contribution in [3.8, 4) is 0 Å². The monoisotopic (exact) mass is 278 g/mol. The normalized spacial score (nSPS) is 13.0. The summed E-state index contributed by atoms with van der Waals surface area (Å²) < 4.78 is 17.4. The summed E-state index contributed by atoms with van der Waals surface area (Å²) in [5.74, 6) is 0. The third kappa shape index (κ3) is 6.85. The van der Waals surface area contributed by atoms with Gasteiger partial charge < -0.3 is 17.8 Å². The topological polar surface area (TPSA) is 27.7 Å². The van der Waals surface area contributed by atoms with Crippen molar-refractivity contribution >= 4 is 8.80 Å². The quantitative estimate of drug-likeness (QED) is 0.330. The Morgan fingerprint density at radius 2 is 1.33 bits per heavy atom. The summed E-state index contributed by atoms with van der Waals surface area (Å²) in [6.07, 6.45) is 5.01. The van der Waals surface area contributed by atoms with Gasteiger partial charge in [-0.3, -0.25) is 0 Å². The second-order valence-corrected chi connectivity index (χ2v) is 8.58. The molecule has 0 aliphatic heterocycles. The van der Waals surface area contributed by atoms with E-state index in [2.05, 4.69) is 21.0 Å². The highest BCUT2D eigenvalue weighted by atomic mass is 28.4. The van der Waals surface area contributed by atoms with Crippen LogP contribution in [0.3, 0.4) is 0 Å². The molecule has 0 aliphatic carbocycles. The molecule has 0 bridgehead atoms. The standard InChI is InChI=1S/C13H32NO3Si/c1-7-8-9-11-14(2,3)12-10-13-18(15-4,16-5)17-6/h7-13H2,1-6H3/q+1. The maximum atomic E-state index is 5.44. The lowest BCUT2D eigenvalue weighted by atomic mass is 10.2. The summed E-state index contributed by atoms with van der Waals surface area (Å²) in [7, 11) is 7.27. The summed E-state index contributed by atoms with van der Waals surface area (Å²) >= 11 is 0. The van der Waals surface area contributed by atoms with E-state index in [1.165, 1.54) is 25.8 Å². The predicted molar refractivity (Wildman–Crippen MR) is 77.6 cm³/mol. The molecule has 110 valence electrons. The van der Waals surface area contributed by atoms with E-state index >= 15 is 0 Å². The number of nitrogens with zero attached hydrogens (tertiary/aromatic N) is 1. The molecule has 0 radical (unpaired) electrons. The average Bonchev–Trinajstić information content (AvgIpc) is 2.35. The Hall–Kier alpha value is 0.0569. The maximum absolute atomic E-state index is 5.44. The van der Waals surface area contributed by atoms with Crippen LogP contribution >= 0.6 is 0 Å². The molecule has 0 N–H and O–H groups in total. The van der Waals surface area contributed by atoms with E-state index in [-0.39, 0.29) is 0 Å². The first-order chi connectivity index (χ1) is 8.45. The lowest BCUT2D eigenvalue weighted by molar-refractivity contribution is -0.890. The van der Waals surface area contributed by atoms with Crippen molar-refractivity contribution in [3.05, 3.63) is 0 Å². The van der Waals surface area contributed by atoms with Crippen molar-refractivity contribution in [2.75, 3.05) is 48.5 Å². The van der Waals surface area contributed by atoms with E-state index in [1.54, 1.807) is 21.3 Å². The van der Waals surface area contributed by atoms with Crippen LogP contribution in [0.15, 0.2) is 0 Å². The molecule has 0 amide bonds. The van der Waals surface area contributed by atoms with E-state index in [4.69, 9.17) is 13.3 Å².